The van der Waals surface area contributed by atoms with Crippen LogP contribution in [0.5, 0.6) is 0 Å². The molecule has 0 aliphatic carbocycles. The molecule has 0 bridgehead atoms. The van der Waals surface area contributed by atoms with Crippen LogP contribution < -0.4 is 5.32 Å². The minimum Gasteiger partial charge on any atom is -0.304 e. The quantitative estimate of drug-likeness (QED) is 0.854. The SMILES string of the molecule is CC[C@H]1SC(=Nc2cccc(C)c2)NC1=O. The van der Waals surface area contributed by atoms with Crippen molar-refractivity contribution in [2.24, 2.45) is 4.99 Å². The van der Waals surface area contributed by atoms with E-state index in [0.29, 0.717) is 5.17 Å². The van der Waals surface area contributed by atoms with Crippen LogP contribution in [0.4, 0.5) is 5.69 Å². The molecule has 0 saturated carbocycles. The fourth-order valence-corrected chi connectivity index (χ4v) is 2.46. The van der Waals surface area contributed by atoms with Crippen LogP contribution in [0.3, 0.4) is 0 Å². The molecule has 0 unspecified atom stereocenters. The van der Waals surface area contributed by atoms with Gasteiger partial charge in [-0.2, -0.15) is 0 Å². The third-order valence-corrected chi connectivity index (χ3v) is 3.63. The van der Waals surface area contributed by atoms with Crippen molar-refractivity contribution in [3.8, 4) is 0 Å². The largest absolute Gasteiger partial charge is 0.304 e. The van der Waals surface area contributed by atoms with E-state index >= 15 is 0 Å². The van der Waals surface area contributed by atoms with Crippen molar-refractivity contribution in [3.05, 3.63) is 29.8 Å². The van der Waals surface area contributed by atoms with Crippen molar-refractivity contribution < 1.29 is 4.79 Å². The van der Waals surface area contributed by atoms with Crippen LogP contribution in [0.15, 0.2) is 29.3 Å². The van der Waals surface area contributed by atoms with E-state index in [0.717, 1.165) is 12.1 Å². The van der Waals surface area contributed by atoms with Crippen molar-refractivity contribution in [1.82, 2.24) is 5.32 Å². The van der Waals surface area contributed by atoms with Gasteiger partial charge in [0.2, 0.25) is 5.91 Å². The number of amidine groups is 1. The number of thioether (sulfide) groups is 1. The topological polar surface area (TPSA) is 41.5 Å². The van der Waals surface area contributed by atoms with E-state index in [4.69, 9.17) is 0 Å². The molecule has 3 nitrogen and oxygen atoms in total. The Morgan fingerprint density at radius 3 is 2.94 bits per heavy atom. The molecule has 1 atom stereocenters. The lowest BCUT2D eigenvalue weighted by Crippen LogP contribution is -2.24. The summed E-state index contributed by atoms with van der Waals surface area (Å²) < 4.78 is 0. The summed E-state index contributed by atoms with van der Waals surface area (Å²) in [5.41, 5.74) is 2.06. The van der Waals surface area contributed by atoms with Crippen molar-refractivity contribution >= 4 is 28.5 Å². The molecule has 1 aromatic carbocycles. The number of aryl methyl sites for hydroxylation is 1. The first-order chi connectivity index (χ1) is 7.69. The third kappa shape index (κ3) is 2.44. The van der Waals surface area contributed by atoms with Crippen molar-refractivity contribution in [2.45, 2.75) is 25.5 Å². The Morgan fingerprint density at radius 1 is 1.50 bits per heavy atom. The lowest BCUT2D eigenvalue weighted by molar-refractivity contribution is -0.118. The number of benzene rings is 1. The Balaban J connectivity index is 2.17. The van der Waals surface area contributed by atoms with Gasteiger partial charge in [0.25, 0.3) is 0 Å². The molecular formula is C12H14N2OS. The Bertz CT molecular complexity index is 442. The number of hydrogen-bond acceptors (Lipinski definition) is 3. The second-order valence-corrected chi connectivity index (χ2v) is 4.95. The molecule has 1 saturated heterocycles. The van der Waals surface area contributed by atoms with Gasteiger partial charge in [0.1, 0.15) is 0 Å². The maximum atomic E-state index is 11.5. The summed E-state index contributed by atoms with van der Waals surface area (Å²) in [5.74, 6) is 0.0684. The van der Waals surface area contributed by atoms with Gasteiger partial charge < -0.3 is 5.32 Å². The average molecular weight is 234 g/mol. The molecule has 16 heavy (non-hydrogen) atoms. The van der Waals surface area contributed by atoms with Crippen LogP contribution in [-0.2, 0) is 4.79 Å². The first kappa shape index (κ1) is 11.2. The fraction of sp³-hybridized carbons (Fsp3) is 0.333. The van der Waals surface area contributed by atoms with Gasteiger partial charge in [-0.3, -0.25) is 4.79 Å². The highest BCUT2D eigenvalue weighted by Gasteiger charge is 2.28. The Kier molecular flexibility index (Phi) is 3.29. The lowest BCUT2D eigenvalue weighted by Gasteiger charge is -1.98. The van der Waals surface area contributed by atoms with Gasteiger partial charge >= 0.3 is 0 Å². The molecule has 2 rings (SSSR count). The summed E-state index contributed by atoms with van der Waals surface area (Å²) >= 11 is 1.51. The predicted molar refractivity (Wildman–Crippen MR) is 68.1 cm³/mol. The van der Waals surface area contributed by atoms with E-state index < -0.39 is 0 Å². The number of carbonyl (C=O) groups excluding carboxylic acids is 1. The highest BCUT2D eigenvalue weighted by atomic mass is 32.2. The fourth-order valence-electron chi connectivity index (χ4n) is 1.54. The van der Waals surface area contributed by atoms with Gasteiger partial charge in [-0.15, -0.1) is 0 Å². The second-order valence-electron chi connectivity index (χ2n) is 3.76. The van der Waals surface area contributed by atoms with E-state index in [1.807, 2.05) is 38.1 Å². The van der Waals surface area contributed by atoms with Crippen LogP contribution in [-0.4, -0.2) is 16.3 Å². The first-order valence-corrected chi connectivity index (χ1v) is 6.20. The molecule has 1 fully saturated rings. The highest BCUT2D eigenvalue weighted by molar-refractivity contribution is 8.15. The van der Waals surface area contributed by atoms with E-state index in [1.165, 1.54) is 17.3 Å². The number of carbonyl (C=O) groups is 1. The van der Waals surface area contributed by atoms with Crippen LogP contribution in [0, 0.1) is 6.92 Å². The third-order valence-electron chi connectivity index (χ3n) is 2.38. The Hall–Kier alpha value is -1.29. The van der Waals surface area contributed by atoms with Gasteiger partial charge in [-0.25, -0.2) is 4.99 Å². The second kappa shape index (κ2) is 4.70. The summed E-state index contributed by atoms with van der Waals surface area (Å²) in [6.07, 6.45) is 0.837. The van der Waals surface area contributed by atoms with Crippen molar-refractivity contribution in [1.29, 1.82) is 0 Å². The number of nitrogens with zero attached hydrogens (tertiary/aromatic N) is 1. The Labute approximate surface area is 99.3 Å². The van der Waals surface area contributed by atoms with Gasteiger partial charge in [0, 0.05) is 0 Å². The maximum Gasteiger partial charge on any atom is 0.239 e. The molecule has 1 aliphatic rings. The number of rotatable bonds is 2. The molecule has 1 aliphatic heterocycles. The molecule has 1 heterocycles. The van der Waals surface area contributed by atoms with Gasteiger partial charge in [0.15, 0.2) is 5.17 Å². The standard InChI is InChI=1S/C12H14N2OS/c1-3-10-11(15)14-12(16-10)13-9-6-4-5-8(2)7-9/h4-7,10H,3H2,1-2H3,(H,13,14,15)/t10-/m1/s1. The minimum atomic E-state index is 0.0172. The molecule has 1 aromatic rings. The van der Waals surface area contributed by atoms with Gasteiger partial charge in [0.05, 0.1) is 10.9 Å². The predicted octanol–water partition coefficient (Wildman–Crippen LogP) is 2.62. The zero-order chi connectivity index (χ0) is 11.5. The van der Waals surface area contributed by atoms with Gasteiger partial charge in [-0.05, 0) is 31.0 Å². The van der Waals surface area contributed by atoms with Crippen molar-refractivity contribution in [2.75, 3.05) is 0 Å². The Morgan fingerprint density at radius 2 is 2.31 bits per heavy atom. The molecule has 0 spiro atoms. The molecule has 4 heteroatoms. The summed E-state index contributed by atoms with van der Waals surface area (Å²) in [5, 5.41) is 3.52. The van der Waals surface area contributed by atoms with E-state index in [9.17, 15) is 4.79 Å². The van der Waals surface area contributed by atoms with Crippen LogP contribution in [0.1, 0.15) is 18.9 Å². The summed E-state index contributed by atoms with van der Waals surface area (Å²) in [6, 6.07) is 7.93. The molecule has 1 N–H and O–H groups in total. The number of nitrogens with one attached hydrogen (secondary N) is 1. The first-order valence-electron chi connectivity index (χ1n) is 5.32. The number of aliphatic imine (C=N–C) groups is 1. The lowest BCUT2D eigenvalue weighted by atomic mass is 10.2. The van der Waals surface area contributed by atoms with E-state index in [2.05, 4.69) is 10.3 Å². The number of hydrogen-bond donors (Lipinski definition) is 1. The van der Waals surface area contributed by atoms with Crippen molar-refractivity contribution in [3.63, 3.8) is 0 Å². The summed E-state index contributed by atoms with van der Waals surface area (Å²) in [7, 11) is 0. The van der Waals surface area contributed by atoms with Crippen LogP contribution in [0.25, 0.3) is 0 Å². The minimum absolute atomic E-state index is 0.0172. The number of amides is 1. The van der Waals surface area contributed by atoms with E-state index in [-0.39, 0.29) is 11.2 Å². The molecule has 84 valence electrons. The smallest absolute Gasteiger partial charge is 0.239 e. The van der Waals surface area contributed by atoms with Gasteiger partial charge in [-0.1, -0.05) is 30.8 Å². The van der Waals surface area contributed by atoms with E-state index in [1.54, 1.807) is 0 Å². The molecule has 1 amide bonds. The summed E-state index contributed by atoms with van der Waals surface area (Å²) in [4.78, 5) is 15.9. The zero-order valence-corrected chi connectivity index (χ0v) is 10.2. The van der Waals surface area contributed by atoms with Crippen LogP contribution in [0.2, 0.25) is 0 Å². The molecule has 0 radical (unpaired) electrons. The van der Waals surface area contributed by atoms with Crippen LogP contribution >= 0.6 is 11.8 Å². The average Bonchev–Trinajstić information content (AvgIpc) is 2.58. The maximum absolute atomic E-state index is 11.5. The highest BCUT2D eigenvalue weighted by Crippen LogP contribution is 2.24. The monoisotopic (exact) mass is 234 g/mol. The summed E-state index contributed by atoms with van der Waals surface area (Å²) in [6.45, 7) is 4.03. The molecule has 0 aromatic heterocycles. The molecular weight excluding hydrogens is 220 g/mol. The normalized spacial score (nSPS) is 22.5. The zero-order valence-electron chi connectivity index (χ0n) is 9.36.